The Bertz CT molecular complexity index is 909. The van der Waals surface area contributed by atoms with Crippen LogP contribution in [0.3, 0.4) is 0 Å². The summed E-state index contributed by atoms with van der Waals surface area (Å²) in [6, 6.07) is 4.25. The van der Waals surface area contributed by atoms with Crippen molar-refractivity contribution in [3.05, 3.63) is 22.1 Å². The number of thiazole rings is 2. The first kappa shape index (κ1) is 17.4. The Morgan fingerprint density at radius 3 is 1.42 bits per heavy atom. The van der Waals surface area contributed by atoms with Crippen LogP contribution in [0.15, 0.2) is 12.1 Å². The summed E-state index contributed by atoms with van der Waals surface area (Å²) < 4.78 is 2.30. The van der Waals surface area contributed by atoms with E-state index in [0.29, 0.717) is 0 Å². The molecule has 0 saturated carbocycles. The van der Waals surface area contributed by atoms with E-state index in [4.69, 9.17) is 0 Å². The Hall–Kier alpha value is -1.45. The largest absolute Gasteiger partial charge is 0.228 e. The third kappa shape index (κ3) is 4.34. The molecule has 0 aliphatic carbocycles. The Kier molecular flexibility index (Phi) is 4.44. The summed E-state index contributed by atoms with van der Waals surface area (Å²) in [5.41, 5.74) is 8.80. The molecule has 0 radical (unpaired) electrons. The predicted molar refractivity (Wildman–Crippen MR) is 113 cm³/mol. The summed E-state index contributed by atoms with van der Waals surface area (Å²) in [5.74, 6) is 6.51. The van der Waals surface area contributed by atoms with Gasteiger partial charge in [0.1, 0.15) is 16.1 Å². The molecule has 0 bridgehead atoms. The van der Waals surface area contributed by atoms with Crippen LogP contribution in [-0.2, 0) is 0 Å². The summed E-state index contributed by atoms with van der Waals surface area (Å²) in [6.07, 6.45) is 0. The number of aromatic nitrogens is 2. The van der Waals surface area contributed by atoms with Crippen LogP contribution >= 0.6 is 22.7 Å². The molecule has 0 N–H and O–H groups in total. The zero-order valence-electron chi connectivity index (χ0n) is 14.9. The second-order valence-corrected chi connectivity index (χ2v) is 19.4. The SMILES string of the molecule is C[Si](C)(C)C#Cc1nc2cc3sc(C#C[Si](C)(C)C)nc3cc2s1. The second-order valence-electron chi connectivity index (χ2n) is 7.83. The molecule has 0 saturated heterocycles. The van der Waals surface area contributed by atoms with Crippen molar-refractivity contribution in [1.29, 1.82) is 0 Å². The third-order valence-corrected chi connectivity index (χ3v) is 6.60. The van der Waals surface area contributed by atoms with Gasteiger partial charge in [-0.2, -0.15) is 0 Å². The van der Waals surface area contributed by atoms with Gasteiger partial charge in [0.15, 0.2) is 10.0 Å². The normalized spacial score (nSPS) is 11.9. The van der Waals surface area contributed by atoms with E-state index in [2.05, 4.69) is 84.3 Å². The van der Waals surface area contributed by atoms with Gasteiger partial charge in [-0.15, -0.1) is 33.8 Å². The fourth-order valence-corrected chi connectivity index (χ4v) is 4.77. The van der Waals surface area contributed by atoms with Crippen LogP contribution in [0.5, 0.6) is 0 Å². The van der Waals surface area contributed by atoms with Crippen molar-refractivity contribution in [2.75, 3.05) is 0 Å². The van der Waals surface area contributed by atoms with Crippen LogP contribution in [0.2, 0.25) is 39.3 Å². The third-order valence-electron chi connectivity index (χ3n) is 2.99. The van der Waals surface area contributed by atoms with Crippen molar-refractivity contribution in [3.63, 3.8) is 0 Å². The van der Waals surface area contributed by atoms with Crippen LogP contribution in [0.25, 0.3) is 20.4 Å². The van der Waals surface area contributed by atoms with Crippen molar-refractivity contribution in [2.45, 2.75) is 39.3 Å². The maximum Gasteiger partial charge on any atom is 0.167 e. The summed E-state index contributed by atoms with van der Waals surface area (Å²) in [4.78, 5) is 9.35. The van der Waals surface area contributed by atoms with Gasteiger partial charge in [-0.3, -0.25) is 0 Å². The Morgan fingerprint density at radius 2 is 1.08 bits per heavy atom. The summed E-state index contributed by atoms with van der Waals surface area (Å²) in [5, 5.41) is 1.81. The zero-order chi connectivity index (χ0) is 17.5. The minimum absolute atomic E-state index is 0.906. The lowest BCUT2D eigenvalue weighted by Crippen LogP contribution is -2.16. The molecule has 2 nitrogen and oxygen atoms in total. The van der Waals surface area contributed by atoms with Crippen LogP contribution in [-0.4, -0.2) is 26.1 Å². The fourth-order valence-electron chi connectivity index (χ4n) is 1.94. The molecule has 2 aromatic heterocycles. The number of benzene rings is 1. The van der Waals surface area contributed by atoms with E-state index < -0.39 is 16.1 Å². The van der Waals surface area contributed by atoms with Gasteiger partial charge < -0.3 is 0 Å². The molecule has 122 valence electrons. The van der Waals surface area contributed by atoms with Crippen LogP contribution in [0.4, 0.5) is 0 Å². The predicted octanol–water partition coefficient (Wildman–Crippen LogP) is 5.36. The molecule has 3 aromatic rings. The molecule has 0 fully saturated rings. The average Bonchev–Trinajstić information content (AvgIpc) is 3.00. The van der Waals surface area contributed by atoms with Gasteiger partial charge in [-0.1, -0.05) is 39.3 Å². The topological polar surface area (TPSA) is 25.8 Å². The van der Waals surface area contributed by atoms with Crippen molar-refractivity contribution in [1.82, 2.24) is 9.97 Å². The van der Waals surface area contributed by atoms with E-state index in [-0.39, 0.29) is 0 Å². The first-order valence-corrected chi connectivity index (χ1v) is 16.5. The van der Waals surface area contributed by atoms with Gasteiger partial charge in [-0.05, 0) is 24.0 Å². The lowest BCUT2D eigenvalue weighted by Gasteiger charge is -2.02. The Morgan fingerprint density at radius 1 is 0.708 bits per heavy atom. The first-order chi connectivity index (χ1) is 11.1. The molecule has 0 amide bonds. The molecule has 6 heteroatoms. The molecule has 0 aliphatic rings. The second kappa shape index (κ2) is 6.13. The van der Waals surface area contributed by atoms with E-state index in [1.165, 1.54) is 0 Å². The minimum Gasteiger partial charge on any atom is -0.228 e. The summed E-state index contributed by atoms with van der Waals surface area (Å²) in [7, 11) is -2.75. The number of nitrogens with zero attached hydrogens (tertiary/aromatic N) is 2. The van der Waals surface area contributed by atoms with Crippen molar-refractivity contribution >= 4 is 59.3 Å². The lowest BCUT2D eigenvalue weighted by molar-refractivity contribution is 1.45. The molecule has 0 unspecified atom stereocenters. The molecule has 24 heavy (non-hydrogen) atoms. The minimum atomic E-state index is -1.37. The highest BCUT2D eigenvalue weighted by Gasteiger charge is 2.11. The molecule has 0 spiro atoms. The molecule has 1 aromatic carbocycles. The standard InChI is InChI=1S/C18H20N2S2Si2/c1-23(2,3)9-7-17-19-13-11-16-14(12-15(13)21-17)20-18(22-16)8-10-24(4,5)6/h11-12H,1-6H3. The van der Waals surface area contributed by atoms with Gasteiger partial charge in [0.25, 0.3) is 0 Å². The quantitative estimate of drug-likeness (QED) is 0.385. The molecular formula is C18H20N2S2Si2. The molecule has 0 aliphatic heterocycles. The van der Waals surface area contributed by atoms with E-state index >= 15 is 0 Å². The van der Waals surface area contributed by atoms with Crippen LogP contribution < -0.4 is 0 Å². The highest BCUT2D eigenvalue weighted by Crippen LogP contribution is 2.30. The van der Waals surface area contributed by atoms with Crippen LogP contribution in [0.1, 0.15) is 10.0 Å². The monoisotopic (exact) mass is 384 g/mol. The molecular weight excluding hydrogens is 365 g/mol. The van der Waals surface area contributed by atoms with E-state index in [0.717, 1.165) is 30.4 Å². The van der Waals surface area contributed by atoms with E-state index in [9.17, 15) is 0 Å². The summed E-state index contributed by atoms with van der Waals surface area (Å²) in [6.45, 7) is 13.5. The maximum atomic E-state index is 4.68. The Balaban J connectivity index is 2.01. The van der Waals surface area contributed by atoms with Crippen LogP contribution in [0, 0.1) is 22.9 Å². The van der Waals surface area contributed by atoms with Gasteiger partial charge in [0, 0.05) is 0 Å². The smallest absolute Gasteiger partial charge is 0.167 e. The molecule has 2 heterocycles. The van der Waals surface area contributed by atoms with Crippen molar-refractivity contribution in [2.24, 2.45) is 0 Å². The Labute approximate surface area is 153 Å². The average molecular weight is 385 g/mol. The van der Waals surface area contributed by atoms with E-state index in [1.54, 1.807) is 22.7 Å². The van der Waals surface area contributed by atoms with Gasteiger partial charge in [-0.25, -0.2) is 9.97 Å². The zero-order valence-corrected chi connectivity index (χ0v) is 18.5. The number of fused-ring (bicyclic) bond motifs is 2. The number of hydrogen-bond acceptors (Lipinski definition) is 4. The fraction of sp³-hybridized carbons (Fsp3) is 0.333. The molecule has 3 rings (SSSR count). The highest BCUT2D eigenvalue weighted by atomic mass is 32.1. The maximum absolute atomic E-state index is 4.68. The van der Waals surface area contributed by atoms with Gasteiger partial charge in [0.2, 0.25) is 0 Å². The van der Waals surface area contributed by atoms with Crippen molar-refractivity contribution < 1.29 is 0 Å². The van der Waals surface area contributed by atoms with Gasteiger partial charge >= 0.3 is 0 Å². The first-order valence-electron chi connectivity index (χ1n) is 7.87. The lowest BCUT2D eigenvalue weighted by atomic mass is 10.3. The highest BCUT2D eigenvalue weighted by molar-refractivity contribution is 7.20. The number of rotatable bonds is 0. The van der Waals surface area contributed by atoms with Gasteiger partial charge in [0.05, 0.1) is 20.4 Å². The summed E-state index contributed by atoms with van der Waals surface area (Å²) >= 11 is 3.31. The number of hydrogen-bond donors (Lipinski definition) is 0. The molecule has 0 atom stereocenters. The van der Waals surface area contributed by atoms with Crippen molar-refractivity contribution in [3.8, 4) is 22.9 Å². The van der Waals surface area contributed by atoms with E-state index in [1.807, 2.05) is 0 Å².